The first kappa shape index (κ1) is 28.9. The van der Waals surface area contributed by atoms with Gasteiger partial charge in [0.1, 0.15) is 0 Å². The largest absolute Gasteiger partial charge is 0.393 e. The first-order chi connectivity index (χ1) is 13.9. The third kappa shape index (κ3) is 19.6. The normalized spacial score (nSPS) is 14.2. The van der Waals surface area contributed by atoms with Crippen molar-refractivity contribution in [3.8, 4) is 0 Å². The minimum absolute atomic E-state index is 0.120. The van der Waals surface area contributed by atoms with Crippen LogP contribution >= 0.6 is 0 Å². The summed E-state index contributed by atoms with van der Waals surface area (Å²) in [5, 5.41) is 9.35. The van der Waals surface area contributed by atoms with Gasteiger partial charge in [0, 0.05) is 0 Å². The Labute approximate surface area is 182 Å². The average Bonchev–Trinajstić information content (AvgIpc) is 2.66. The molecular formula is C24H50O4S. The molecule has 0 rings (SSSR count). The van der Waals surface area contributed by atoms with Crippen molar-refractivity contribution in [2.24, 2.45) is 0 Å². The second-order valence-electron chi connectivity index (χ2n) is 8.90. The summed E-state index contributed by atoms with van der Waals surface area (Å²) in [6, 6.07) is 0. The Morgan fingerprint density at radius 2 is 0.862 bits per heavy atom. The predicted octanol–water partition coefficient (Wildman–Crippen LogP) is 7.45. The quantitative estimate of drug-likeness (QED) is 0.137. The first-order valence-corrected chi connectivity index (χ1v) is 14.1. The Balaban J connectivity index is 3.65. The molecule has 2 unspecified atom stereocenters. The molecule has 0 aromatic carbocycles. The second-order valence-corrected chi connectivity index (χ2v) is 10.6. The van der Waals surface area contributed by atoms with Crippen LogP contribution in [-0.2, 0) is 10.1 Å². The van der Waals surface area contributed by atoms with Crippen molar-refractivity contribution in [2.75, 3.05) is 0 Å². The highest BCUT2D eigenvalue weighted by molar-refractivity contribution is 7.86. The summed E-state index contributed by atoms with van der Waals surface area (Å²) in [4.78, 5) is 0. The number of rotatable bonds is 22. The van der Waals surface area contributed by atoms with E-state index >= 15 is 0 Å². The Morgan fingerprint density at radius 1 is 0.552 bits per heavy atom. The highest BCUT2D eigenvalue weighted by atomic mass is 32.2. The van der Waals surface area contributed by atoms with Crippen LogP contribution in [0.1, 0.15) is 142 Å². The summed E-state index contributed by atoms with van der Waals surface area (Å²) < 4.78 is 32.7. The minimum atomic E-state index is -3.91. The van der Waals surface area contributed by atoms with E-state index in [0.29, 0.717) is 12.8 Å². The van der Waals surface area contributed by atoms with Gasteiger partial charge in [0.25, 0.3) is 10.1 Å². The maximum atomic E-state index is 11.6. The molecule has 0 spiro atoms. The Morgan fingerprint density at radius 3 is 1.28 bits per heavy atom. The molecule has 176 valence electrons. The van der Waals surface area contributed by atoms with E-state index in [1.165, 1.54) is 57.8 Å². The molecule has 0 aliphatic carbocycles. The zero-order valence-corrected chi connectivity index (χ0v) is 20.2. The molecule has 0 aliphatic rings. The van der Waals surface area contributed by atoms with Crippen molar-refractivity contribution >= 4 is 10.1 Å². The zero-order valence-electron chi connectivity index (χ0n) is 19.4. The van der Waals surface area contributed by atoms with Gasteiger partial charge < -0.3 is 5.11 Å². The molecule has 5 heteroatoms. The number of hydrogen-bond donors (Lipinski definition) is 2. The highest BCUT2D eigenvalue weighted by Crippen LogP contribution is 2.19. The number of hydrogen-bond acceptors (Lipinski definition) is 3. The van der Waals surface area contributed by atoms with Crippen LogP contribution in [-0.4, -0.2) is 29.4 Å². The fourth-order valence-electron chi connectivity index (χ4n) is 4.00. The lowest BCUT2D eigenvalue weighted by Gasteiger charge is -2.13. The fraction of sp³-hybridized carbons (Fsp3) is 1.00. The standard InChI is InChI=1S/C24H50O4S/c1-3-5-7-8-13-17-21-24(29(26,27)28)22-18-14-11-9-10-12-16-20-23(25)19-15-6-4-2/h23-25H,3-22H2,1-2H3,(H,26,27,28). The van der Waals surface area contributed by atoms with Crippen LogP contribution in [0, 0.1) is 0 Å². The van der Waals surface area contributed by atoms with Gasteiger partial charge in [-0.1, -0.05) is 117 Å². The molecule has 0 heterocycles. The molecule has 0 aliphatic heterocycles. The van der Waals surface area contributed by atoms with Crippen molar-refractivity contribution in [3.05, 3.63) is 0 Å². The van der Waals surface area contributed by atoms with Crippen LogP contribution in [0.3, 0.4) is 0 Å². The summed E-state index contributed by atoms with van der Waals surface area (Å²) in [6.45, 7) is 4.37. The smallest absolute Gasteiger partial charge is 0.267 e. The van der Waals surface area contributed by atoms with Crippen LogP contribution in [0.5, 0.6) is 0 Å². The molecule has 29 heavy (non-hydrogen) atoms. The summed E-state index contributed by atoms with van der Waals surface area (Å²) in [6.07, 6.45) is 21.1. The van der Waals surface area contributed by atoms with E-state index in [1.807, 2.05) is 0 Å². The van der Waals surface area contributed by atoms with Gasteiger partial charge in [-0.05, 0) is 25.7 Å². The molecule has 2 N–H and O–H groups in total. The molecule has 0 radical (unpaired) electrons. The molecule has 0 saturated carbocycles. The van der Waals surface area contributed by atoms with Gasteiger partial charge in [-0.25, -0.2) is 0 Å². The maximum absolute atomic E-state index is 11.6. The summed E-state index contributed by atoms with van der Waals surface area (Å²) in [7, 11) is -3.91. The molecule has 0 fully saturated rings. The van der Waals surface area contributed by atoms with Gasteiger partial charge in [0.15, 0.2) is 0 Å². The van der Waals surface area contributed by atoms with Gasteiger partial charge in [-0.15, -0.1) is 0 Å². The lowest BCUT2D eigenvalue weighted by molar-refractivity contribution is 0.147. The Hall–Kier alpha value is -0.130. The van der Waals surface area contributed by atoms with Gasteiger partial charge in [-0.2, -0.15) is 8.42 Å². The molecular weight excluding hydrogens is 384 g/mol. The number of aliphatic hydroxyl groups is 1. The van der Waals surface area contributed by atoms with Gasteiger partial charge >= 0.3 is 0 Å². The van der Waals surface area contributed by atoms with Crippen LogP contribution < -0.4 is 0 Å². The lowest BCUT2D eigenvalue weighted by atomic mass is 10.0. The first-order valence-electron chi connectivity index (χ1n) is 12.6. The van der Waals surface area contributed by atoms with Crippen molar-refractivity contribution in [2.45, 2.75) is 154 Å². The second kappa shape index (κ2) is 19.8. The SMILES string of the molecule is CCCCCCCCC(CCCCCCCCCC(O)CCCCC)S(=O)(=O)O. The van der Waals surface area contributed by atoms with E-state index in [1.54, 1.807) is 0 Å². The topological polar surface area (TPSA) is 74.6 Å². The lowest BCUT2D eigenvalue weighted by Crippen LogP contribution is -2.20. The molecule has 0 aromatic heterocycles. The van der Waals surface area contributed by atoms with Crippen LogP contribution in [0.4, 0.5) is 0 Å². The summed E-state index contributed by atoms with van der Waals surface area (Å²) in [5.41, 5.74) is 0. The summed E-state index contributed by atoms with van der Waals surface area (Å²) in [5.74, 6) is 0. The van der Waals surface area contributed by atoms with Gasteiger partial charge in [0.05, 0.1) is 11.4 Å². The third-order valence-corrected chi connectivity index (χ3v) is 7.32. The van der Waals surface area contributed by atoms with Crippen LogP contribution in [0.2, 0.25) is 0 Å². The van der Waals surface area contributed by atoms with Crippen molar-refractivity contribution in [1.82, 2.24) is 0 Å². The minimum Gasteiger partial charge on any atom is -0.393 e. The molecule has 0 saturated heterocycles. The van der Waals surface area contributed by atoms with Crippen molar-refractivity contribution < 1.29 is 18.1 Å². The van der Waals surface area contributed by atoms with Crippen LogP contribution in [0.25, 0.3) is 0 Å². The molecule has 2 atom stereocenters. The number of unbranched alkanes of at least 4 members (excludes halogenated alkanes) is 13. The number of aliphatic hydroxyl groups excluding tert-OH is 1. The van der Waals surface area contributed by atoms with Gasteiger partial charge in [-0.3, -0.25) is 4.55 Å². The average molecular weight is 435 g/mol. The Bertz CT molecular complexity index is 436. The van der Waals surface area contributed by atoms with Crippen LogP contribution in [0.15, 0.2) is 0 Å². The molecule has 4 nitrogen and oxygen atoms in total. The highest BCUT2D eigenvalue weighted by Gasteiger charge is 2.21. The Kier molecular flexibility index (Phi) is 19.7. The molecule has 0 bridgehead atoms. The van der Waals surface area contributed by atoms with E-state index in [9.17, 15) is 18.1 Å². The van der Waals surface area contributed by atoms with E-state index in [4.69, 9.17) is 0 Å². The third-order valence-electron chi connectivity index (χ3n) is 6.01. The van der Waals surface area contributed by atoms with E-state index in [-0.39, 0.29) is 6.10 Å². The van der Waals surface area contributed by atoms with E-state index < -0.39 is 15.4 Å². The van der Waals surface area contributed by atoms with E-state index in [2.05, 4.69) is 13.8 Å². The fourth-order valence-corrected chi connectivity index (χ4v) is 4.93. The zero-order chi connectivity index (χ0) is 21.8. The van der Waals surface area contributed by atoms with E-state index in [0.717, 1.165) is 57.8 Å². The molecule has 0 aromatic rings. The van der Waals surface area contributed by atoms with Crippen molar-refractivity contribution in [3.63, 3.8) is 0 Å². The summed E-state index contributed by atoms with van der Waals surface area (Å²) >= 11 is 0. The van der Waals surface area contributed by atoms with Gasteiger partial charge in [0.2, 0.25) is 0 Å². The maximum Gasteiger partial charge on any atom is 0.267 e. The van der Waals surface area contributed by atoms with Crippen molar-refractivity contribution in [1.29, 1.82) is 0 Å². The monoisotopic (exact) mass is 434 g/mol. The molecule has 0 amide bonds. The predicted molar refractivity (Wildman–Crippen MR) is 125 cm³/mol.